The van der Waals surface area contributed by atoms with E-state index in [2.05, 4.69) is 26.1 Å². The van der Waals surface area contributed by atoms with E-state index in [-0.39, 0.29) is 0 Å². The molecular weight excluding hydrogens is 198 g/mol. The van der Waals surface area contributed by atoms with Crippen LogP contribution < -0.4 is 5.32 Å². The van der Waals surface area contributed by atoms with Gasteiger partial charge in [0.2, 0.25) is 0 Å². The number of hydrogen-bond donors (Lipinski definition) is 1. The minimum atomic E-state index is 0.529. The first kappa shape index (κ1) is 14.0. The van der Waals surface area contributed by atoms with Crippen LogP contribution in [0.5, 0.6) is 0 Å². The van der Waals surface area contributed by atoms with Crippen LogP contribution in [0.1, 0.15) is 59.3 Å². The Morgan fingerprint density at radius 1 is 1.25 bits per heavy atom. The molecule has 1 heterocycles. The average Bonchev–Trinajstić information content (AvgIpc) is 2.31. The summed E-state index contributed by atoms with van der Waals surface area (Å²) in [4.78, 5) is 0. The predicted octanol–water partition coefficient (Wildman–Crippen LogP) is 3.36. The molecule has 2 heteroatoms. The van der Waals surface area contributed by atoms with Crippen molar-refractivity contribution in [1.29, 1.82) is 0 Å². The third-order valence-corrected chi connectivity index (χ3v) is 3.68. The standard InChI is InChI=1S/C14H29NO/c1-4-7-13-11-12(8-10-16-13)14(6-3)15-9-5-2/h12-15H,4-11H2,1-3H3. The van der Waals surface area contributed by atoms with E-state index in [1.54, 1.807) is 0 Å². The highest BCUT2D eigenvalue weighted by molar-refractivity contribution is 4.81. The summed E-state index contributed by atoms with van der Waals surface area (Å²) in [6, 6.07) is 0.711. The van der Waals surface area contributed by atoms with Gasteiger partial charge in [-0.25, -0.2) is 0 Å². The first-order valence-corrected chi connectivity index (χ1v) is 7.16. The second kappa shape index (κ2) is 8.08. The zero-order valence-electron chi connectivity index (χ0n) is 11.3. The molecule has 0 aromatic carbocycles. The van der Waals surface area contributed by atoms with Gasteiger partial charge in [-0.1, -0.05) is 27.2 Å². The minimum absolute atomic E-state index is 0.529. The van der Waals surface area contributed by atoms with Gasteiger partial charge in [0, 0.05) is 12.6 Å². The predicted molar refractivity (Wildman–Crippen MR) is 69.7 cm³/mol. The van der Waals surface area contributed by atoms with E-state index in [1.165, 1.54) is 38.5 Å². The fraction of sp³-hybridized carbons (Fsp3) is 1.00. The molecule has 1 rings (SSSR count). The number of nitrogens with one attached hydrogen (secondary N) is 1. The number of ether oxygens (including phenoxy) is 1. The fourth-order valence-electron chi connectivity index (χ4n) is 2.77. The van der Waals surface area contributed by atoms with Crippen LogP contribution in [0.3, 0.4) is 0 Å². The van der Waals surface area contributed by atoms with Crippen LogP contribution in [0, 0.1) is 5.92 Å². The molecule has 1 saturated heterocycles. The van der Waals surface area contributed by atoms with E-state index in [4.69, 9.17) is 4.74 Å². The van der Waals surface area contributed by atoms with Crippen molar-refractivity contribution >= 4 is 0 Å². The third kappa shape index (κ3) is 4.42. The maximum Gasteiger partial charge on any atom is 0.0578 e. The van der Waals surface area contributed by atoms with Crippen molar-refractivity contribution in [3.8, 4) is 0 Å². The Morgan fingerprint density at radius 2 is 2.06 bits per heavy atom. The van der Waals surface area contributed by atoms with Gasteiger partial charge in [-0.15, -0.1) is 0 Å². The van der Waals surface area contributed by atoms with E-state index in [9.17, 15) is 0 Å². The van der Waals surface area contributed by atoms with Gasteiger partial charge in [0.05, 0.1) is 6.10 Å². The summed E-state index contributed by atoms with van der Waals surface area (Å²) in [6.07, 6.45) is 8.01. The molecular formula is C14H29NO. The van der Waals surface area contributed by atoms with Gasteiger partial charge >= 0.3 is 0 Å². The average molecular weight is 227 g/mol. The van der Waals surface area contributed by atoms with Crippen molar-refractivity contribution in [1.82, 2.24) is 5.32 Å². The second-order valence-electron chi connectivity index (χ2n) is 5.03. The smallest absolute Gasteiger partial charge is 0.0578 e. The molecule has 1 fully saturated rings. The molecule has 0 aromatic rings. The van der Waals surface area contributed by atoms with Gasteiger partial charge in [-0.05, 0) is 44.6 Å². The van der Waals surface area contributed by atoms with Gasteiger partial charge < -0.3 is 10.1 Å². The number of hydrogen-bond acceptors (Lipinski definition) is 2. The van der Waals surface area contributed by atoms with Crippen molar-refractivity contribution in [3.05, 3.63) is 0 Å². The van der Waals surface area contributed by atoms with E-state index in [1.807, 2.05) is 0 Å². The summed E-state index contributed by atoms with van der Waals surface area (Å²) in [5, 5.41) is 3.70. The lowest BCUT2D eigenvalue weighted by Gasteiger charge is -2.35. The van der Waals surface area contributed by atoms with Crippen molar-refractivity contribution in [3.63, 3.8) is 0 Å². The van der Waals surface area contributed by atoms with Crippen molar-refractivity contribution in [2.75, 3.05) is 13.2 Å². The van der Waals surface area contributed by atoms with Crippen LogP contribution in [0.25, 0.3) is 0 Å². The maximum atomic E-state index is 5.82. The summed E-state index contributed by atoms with van der Waals surface area (Å²) in [5.74, 6) is 0.835. The van der Waals surface area contributed by atoms with Crippen molar-refractivity contribution < 1.29 is 4.74 Å². The van der Waals surface area contributed by atoms with E-state index < -0.39 is 0 Å². The largest absolute Gasteiger partial charge is 0.378 e. The van der Waals surface area contributed by atoms with Gasteiger partial charge in [0.25, 0.3) is 0 Å². The van der Waals surface area contributed by atoms with Gasteiger partial charge in [-0.3, -0.25) is 0 Å². The Labute approximate surface area is 101 Å². The lowest BCUT2D eigenvalue weighted by Crippen LogP contribution is -2.41. The van der Waals surface area contributed by atoms with E-state index in [0.717, 1.165) is 19.1 Å². The third-order valence-electron chi connectivity index (χ3n) is 3.68. The normalized spacial score (nSPS) is 27.9. The highest BCUT2D eigenvalue weighted by Gasteiger charge is 2.27. The van der Waals surface area contributed by atoms with Gasteiger partial charge in [0.1, 0.15) is 0 Å². The molecule has 1 N–H and O–H groups in total. The maximum absolute atomic E-state index is 5.82. The molecule has 16 heavy (non-hydrogen) atoms. The molecule has 3 atom stereocenters. The highest BCUT2D eigenvalue weighted by atomic mass is 16.5. The highest BCUT2D eigenvalue weighted by Crippen LogP contribution is 2.27. The van der Waals surface area contributed by atoms with Gasteiger partial charge in [0.15, 0.2) is 0 Å². The molecule has 0 spiro atoms. The molecule has 2 nitrogen and oxygen atoms in total. The molecule has 3 unspecified atom stereocenters. The van der Waals surface area contributed by atoms with Crippen LogP contribution in [0.15, 0.2) is 0 Å². The molecule has 1 aliphatic heterocycles. The molecule has 0 bridgehead atoms. The van der Waals surface area contributed by atoms with Gasteiger partial charge in [-0.2, -0.15) is 0 Å². The minimum Gasteiger partial charge on any atom is -0.378 e. The first-order chi connectivity index (χ1) is 7.81. The molecule has 0 amide bonds. The van der Waals surface area contributed by atoms with Crippen LogP contribution >= 0.6 is 0 Å². The molecule has 0 aromatic heterocycles. The zero-order chi connectivity index (χ0) is 11.8. The quantitative estimate of drug-likeness (QED) is 0.720. The van der Waals surface area contributed by atoms with Crippen LogP contribution in [-0.2, 0) is 4.74 Å². The summed E-state index contributed by atoms with van der Waals surface area (Å²) in [5.41, 5.74) is 0. The summed E-state index contributed by atoms with van der Waals surface area (Å²) >= 11 is 0. The second-order valence-corrected chi connectivity index (χ2v) is 5.03. The van der Waals surface area contributed by atoms with Crippen LogP contribution in [-0.4, -0.2) is 25.3 Å². The molecule has 96 valence electrons. The van der Waals surface area contributed by atoms with Crippen molar-refractivity contribution in [2.24, 2.45) is 5.92 Å². The Bertz CT molecular complexity index is 170. The van der Waals surface area contributed by atoms with E-state index >= 15 is 0 Å². The topological polar surface area (TPSA) is 21.3 Å². The van der Waals surface area contributed by atoms with Crippen LogP contribution in [0.2, 0.25) is 0 Å². The lowest BCUT2D eigenvalue weighted by molar-refractivity contribution is -0.0217. The Balaban J connectivity index is 2.37. The summed E-state index contributed by atoms with van der Waals surface area (Å²) in [7, 11) is 0. The monoisotopic (exact) mass is 227 g/mol. The SMILES string of the molecule is CCCNC(CC)C1CCOC(CCC)C1. The molecule has 0 radical (unpaired) electrons. The lowest BCUT2D eigenvalue weighted by atomic mass is 9.86. The number of rotatable bonds is 7. The fourth-order valence-corrected chi connectivity index (χ4v) is 2.77. The Kier molecular flexibility index (Phi) is 7.06. The van der Waals surface area contributed by atoms with E-state index in [0.29, 0.717) is 12.1 Å². The van der Waals surface area contributed by atoms with Crippen LogP contribution in [0.4, 0.5) is 0 Å². The Morgan fingerprint density at radius 3 is 2.69 bits per heavy atom. The zero-order valence-corrected chi connectivity index (χ0v) is 11.3. The molecule has 1 aliphatic rings. The molecule has 0 aliphatic carbocycles. The van der Waals surface area contributed by atoms with Crippen molar-refractivity contribution in [2.45, 2.75) is 71.4 Å². The summed E-state index contributed by atoms with van der Waals surface area (Å²) in [6.45, 7) is 8.93. The first-order valence-electron chi connectivity index (χ1n) is 7.16. The molecule has 0 saturated carbocycles. The Hall–Kier alpha value is -0.0800. The summed E-state index contributed by atoms with van der Waals surface area (Å²) < 4.78 is 5.82.